The second-order valence-electron chi connectivity index (χ2n) is 6.84. The van der Waals surface area contributed by atoms with Crippen molar-refractivity contribution in [2.75, 3.05) is 7.11 Å². The number of hydrogen-bond donors (Lipinski definition) is 0. The fourth-order valence-electron chi connectivity index (χ4n) is 3.85. The SMILES string of the molecule is COc1ccc([N+](=O)[O-])c(C(=O)N(C2CC2)C2CCc3ccccc32)c1. The number of hydrogen-bond acceptors (Lipinski definition) is 4. The van der Waals surface area contributed by atoms with Crippen molar-refractivity contribution in [3.63, 3.8) is 0 Å². The summed E-state index contributed by atoms with van der Waals surface area (Å²) >= 11 is 0. The lowest BCUT2D eigenvalue weighted by Gasteiger charge is -2.30. The van der Waals surface area contributed by atoms with Crippen LogP contribution < -0.4 is 4.74 Å². The smallest absolute Gasteiger partial charge is 0.282 e. The molecule has 0 aromatic heterocycles. The third-order valence-corrected chi connectivity index (χ3v) is 5.24. The standard InChI is InChI=1S/C20H20N2O4/c1-26-15-9-11-19(22(24)25)17(12-15)20(23)21(14-7-8-14)18-10-6-13-4-2-3-5-16(13)18/h2-5,9,11-12,14,18H,6-8,10H2,1H3. The lowest BCUT2D eigenvalue weighted by atomic mass is 10.0. The quantitative estimate of drug-likeness (QED) is 0.604. The molecule has 2 aromatic rings. The molecule has 134 valence electrons. The van der Waals surface area contributed by atoms with Gasteiger partial charge in [-0.3, -0.25) is 14.9 Å². The highest BCUT2D eigenvalue weighted by Crippen LogP contribution is 2.43. The van der Waals surface area contributed by atoms with Gasteiger partial charge in [-0.25, -0.2) is 0 Å². The Labute approximate surface area is 151 Å². The number of benzene rings is 2. The molecule has 0 bridgehead atoms. The summed E-state index contributed by atoms with van der Waals surface area (Å²) in [6.07, 6.45) is 3.68. The van der Waals surface area contributed by atoms with E-state index >= 15 is 0 Å². The first kappa shape index (κ1) is 16.6. The number of methoxy groups -OCH3 is 1. The summed E-state index contributed by atoms with van der Waals surface area (Å²) in [5.41, 5.74) is 2.35. The van der Waals surface area contributed by atoms with Gasteiger partial charge in [-0.15, -0.1) is 0 Å². The number of aryl methyl sites for hydroxylation is 1. The van der Waals surface area contributed by atoms with Crippen LogP contribution in [0.25, 0.3) is 0 Å². The molecule has 2 aliphatic rings. The Hall–Kier alpha value is -2.89. The molecule has 6 nitrogen and oxygen atoms in total. The van der Waals surface area contributed by atoms with Gasteiger partial charge in [-0.1, -0.05) is 24.3 Å². The molecule has 0 radical (unpaired) electrons. The van der Waals surface area contributed by atoms with Gasteiger partial charge in [-0.2, -0.15) is 0 Å². The van der Waals surface area contributed by atoms with Crippen LogP contribution in [-0.4, -0.2) is 28.9 Å². The zero-order valence-corrected chi connectivity index (χ0v) is 14.6. The number of rotatable bonds is 5. The number of nitro benzene ring substituents is 1. The normalized spacial score (nSPS) is 18.3. The molecule has 26 heavy (non-hydrogen) atoms. The second kappa shape index (κ2) is 6.44. The molecular weight excluding hydrogens is 332 g/mol. The van der Waals surface area contributed by atoms with Crippen LogP contribution in [0.15, 0.2) is 42.5 Å². The van der Waals surface area contributed by atoms with Crippen LogP contribution >= 0.6 is 0 Å². The van der Waals surface area contributed by atoms with E-state index in [0.717, 1.165) is 25.7 Å². The first-order valence-electron chi connectivity index (χ1n) is 8.83. The molecule has 0 saturated heterocycles. The molecule has 1 amide bonds. The Kier molecular flexibility index (Phi) is 4.11. The lowest BCUT2D eigenvalue weighted by molar-refractivity contribution is -0.385. The summed E-state index contributed by atoms with van der Waals surface area (Å²) in [5.74, 6) is 0.168. The fraction of sp³-hybridized carbons (Fsp3) is 0.350. The monoisotopic (exact) mass is 352 g/mol. The van der Waals surface area contributed by atoms with Gasteiger partial charge in [0, 0.05) is 12.1 Å². The molecule has 1 unspecified atom stereocenters. The maximum atomic E-state index is 13.4. The molecule has 2 aromatic carbocycles. The van der Waals surface area contributed by atoms with Crippen molar-refractivity contribution in [1.82, 2.24) is 4.90 Å². The van der Waals surface area contributed by atoms with Crippen molar-refractivity contribution >= 4 is 11.6 Å². The van der Waals surface area contributed by atoms with E-state index in [1.807, 2.05) is 17.0 Å². The van der Waals surface area contributed by atoms with E-state index in [2.05, 4.69) is 12.1 Å². The minimum absolute atomic E-state index is 0.0167. The predicted molar refractivity (Wildman–Crippen MR) is 96.3 cm³/mol. The van der Waals surface area contributed by atoms with Gasteiger partial charge < -0.3 is 9.64 Å². The topological polar surface area (TPSA) is 72.7 Å². The van der Waals surface area contributed by atoms with Gasteiger partial charge in [0.05, 0.1) is 18.1 Å². The summed E-state index contributed by atoms with van der Waals surface area (Å²) in [6.45, 7) is 0. The number of amides is 1. The predicted octanol–water partition coefficient (Wildman–Crippen LogP) is 3.90. The first-order chi connectivity index (χ1) is 12.6. The Bertz CT molecular complexity index is 876. The second-order valence-corrected chi connectivity index (χ2v) is 6.84. The number of nitrogens with zero attached hydrogens (tertiary/aromatic N) is 2. The van der Waals surface area contributed by atoms with E-state index in [4.69, 9.17) is 4.74 Å². The van der Waals surface area contributed by atoms with Gasteiger partial charge in [0.15, 0.2) is 0 Å². The lowest BCUT2D eigenvalue weighted by Crippen LogP contribution is -2.36. The minimum atomic E-state index is -0.500. The van der Waals surface area contributed by atoms with E-state index in [9.17, 15) is 14.9 Å². The minimum Gasteiger partial charge on any atom is -0.497 e. The molecule has 0 spiro atoms. The van der Waals surface area contributed by atoms with E-state index in [-0.39, 0.29) is 29.2 Å². The van der Waals surface area contributed by atoms with E-state index < -0.39 is 4.92 Å². The molecule has 0 N–H and O–H groups in total. The highest BCUT2D eigenvalue weighted by Gasteiger charge is 2.42. The van der Waals surface area contributed by atoms with Crippen LogP contribution in [0.2, 0.25) is 0 Å². The summed E-state index contributed by atoms with van der Waals surface area (Å²) < 4.78 is 5.18. The molecule has 2 aliphatic carbocycles. The van der Waals surface area contributed by atoms with E-state index in [1.165, 1.54) is 36.4 Å². The zero-order valence-electron chi connectivity index (χ0n) is 14.6. The largest absolute Gasteiger partial charge is 0.497 e. The molecule has 0 aliphatic heterocycles. The van der Waals surface area contributed by atoms with Crippen LogP contribution in [0.4, 0.5) is 5.69 Å². The number of carbonyl (C=O) groups is 1. The maximum Gasteiger partial charge on any atom is 0.282 e. The van der Waals surface area contributed by atoms with Crippen molar-refractivity contribution in [2.45, 2.75) is 37.8 Å². The van der Waals surface area contributed by atoms with Crippen molar-refractivity contribution in [3.8, 4) is 5.75 Å². The summed E-state index contributed by atoms with van der Waals surface area (Å²) in [6, 6.07) is 12.6. The summed E-state index contributed by atoms with van der Waals surface area (Å²) in [5, 5.41) is 11.4. The Morgan fingerprint density at radius 1 is 1.19 bits per heavy atom. The average molecular weight is 352 g/mol. The third-order valence-electron chi connectivity index (χ3n) is 5.24. The molecule has 4 rings (SSSR count). The number of carbonyl (C=O) groups excluding carboxylic acids is 1. The highest BCUT2D eigenvalue weighted by molar-refractivity contribution is 5.99. The third kappa shape index (κ3) is 2.81. The van der Waals surface area contributed by atoms with Crippen molar-refractivity contribution in [3.05, 3.63) is 69.3 Å². The van der Waals surface area contributed by atoms with Crippen molar-refractivity contribution < 1.29 is 14.5 Å². The van der Waals surface area contributed by atoms with Gasteiger partial charge in [0.25, 0.3) is 11.6 Å². The number of fused-ring (bicyclic) bond motifs is 1. The van der Waals surface area contributed by atoms with Gasteiger partial charge >= 0.3 is 0 Å². The molecule has 1 fully saturated rings. The molecular formula is C20H20N2O4. The van der Waals surface area contributed by atoms with Gasteiger partial charge in [-0.05, 0) is 48.9 Å². The molecule has 0 heterocycles. The van der Waals surface area contributed by atoms with Crippen LogP contribution in [0.3, 0.4) is 0 Å². The first-order valence-corrected chi connectivity index (χ1v) is 8.83. The summed E-state index contributed by atoms with van der Waals surface area (Å²) in [7, 11) is 1.49. The molecule has 6 heteroatoms. The Morgan fingerprint density at radius 2 is 1.96 bits per heavy atom. The van der Waals surface area contributed by atoms with Crippen molar-refractivity contribution in [2.24, 2.45) is 0 Å². The van der Waals surface area contributed by atoms with Crippen LogP contribution in [0.1, 0.15) is 46.8 Å². The van der Waals surface area contributed by atoms with Gasteiger partial charge in [0.1, 0.15) is 11.3 Å². The molecule has 1 saturated carbocycles. The Morgan fingerprint density at radius 3 is 2.65 bits per heavy atom. The van der Waals surface area contributed by atoms with Gasteiger partial charge in [0.2, 0.25) is 0 Å². The van der Waals surface area contributed by atoms with Crippen LogP contribution in [0.5, 0.6) is 5.75 Å². The average Bonchev–Trinajstić information content (AvgIpc) is 3.41. The van der Waals surface area contributed by atoms with E-state index in [0.29, 0.717) is 5.75 Å². The number of ether oxygens (including phenoxy) is 1. The van der Waals surface area contributed by atoms with Crippen molar-refractivity contribution in [1.29, 1.82) is 0 Å². The maximum absolute atomic E-state index is 13.4. The fourth-order valence-corrected chi connectivity index (χ4v) is 3.85. The number of nitro groups is 1. The summed E-state index contributed by atoms with van der Waals surface area (Å²) in [4.78, 5) is 26.2. The van der Waals surface area contributed by atoms with Crippen LogP contribution in [0, 0.1) is 10.1 Å². The van der Waals surface area contributed by atoms with E-state index in [1.54, 1.807) is 0 Å². The molecule has 1 atom stereocenters. The Balaban J connectivity index is 1.75. The van der Waals surface area contributed by atoms with Crippen LogP contribution in [-0.2, 0) is 6.42 Å². The highest BCUT2D eigenvalue weighted by atomic mass is 16.6. The zero-order chi connectivity index (χ0) is 18.3.